The van der Waals surface area contributed by atoms with E-state index >= 15 is 0 Å². The van der Waals surface area contributed by atoms with Crippen molar-refractivity contribution in [2.45, 2.75) is 91.6 Å². The summed E-state index contributed by atoms with van der Waals surface area (Å²) in [4.78, 5) is 0. The van der Waals surface area contributed by atoms with E-state index in [0.717, 1.165) is 18.0 Å². The van der Waals surface area contributed by atoms with Crippen molar-refractivity contribution in [1.29, 1.82) is 0 Å². The number of hydrogen-bond donors (Lipinski definition) is 1. The van der Waals surface area contributed by atoms with Crippen molar-refractivity contribution in [3.05, 3.63) is 0 Å². The SMILES string of the molecule is C[C@@H](NC1CC(C)(C)CC(C)(C)C1)C1CCCC1. The molecule has 1 nitrogen and oxygen atoms in total. The molecule has 0 aromatic carbocycles. The lowest BCUT2D eigenvalue weighted by Crippen LogP contribution is -2.48. The Morgan fingerprint density at radius 2 is 1.44 bits per heavy atom. The van der Waals surface area contributed by atoms with Crippen LogP contribution >= 0.6 is 0 Å². The van der Waals surface area contributed by atoms with Crippen LogP contribution in [0.4, 0.5) is 0 Å². The summed E-state index contributed by atoms with van der Waals surface area (Å²) < 4.78 is 0. The van der Waals surface area contributed by atoms with E-state index in [1.807, 2.05) is 0 Å². The predicted octanol–water partition coefficient (Wildman–Crippen LogP) is 4.76. The third kappa shape index (κ3) is 3.73. The van der Waals surface area contributed by atoms with Crippen LogP contribution in [0.15, 0.2) is 0 Å². The predicted molar refractivity (Wildman–Crippen MR) is 79.8 cm³/mol. The van der Waals surface area contributed by atoms with Gasteiger partial charge in [-0.3, -0.25) is 0 Å². The molecule has 1 N–H and O–H groups in total. The minimum absolute atomic E-state index is 0.509. The van der Waals surface area contributed by atoms with Gasteiger partial charge in [-0.1, -0.05) is 40.5 Å². The van der Waals surface area contributed by atoms with Gasteiger partial charge in [-0.05, 0) is 55.8 Å². The van der Waals surface area contributed by atoms with Gasteiger partial charge in [-0.15, -0.1) is 0 Å². The van der Waals surface area contributed by atoms with Crippen molar-refractivity contribution in [3.8, 4) is 0 Å². The summed E-state index contributed by atoms with van der Waals surface area (Å²) in [6, 6.07) is 1.46. The van der Waals surface area contributed by atoms with Gasteiger partial charge in [0, 0.05) is 12.1 Å². The Labute approximate surface area is 114 Å². The maximum absolute atomic E-state index is 3.97. The van der Waals surface area contributed by atoms with E-state index in [2.05, 4.69) is 39.9 Å². The van der Waals surface area contributed by atoms with Crippen molar-refractivity contribution in [2.24, 2.45) is 16.7 Å². The zero-order chi connectivity index (χ0) is 13.4. The molecule has 1 atom stereocenters. The van der Waals surface area contributed by atoms with E-state index in [4.69, 9.17) is 0 Å². The normalized spacial score (nSPS) is 30.5. The van der Waals surface area contributed by atoms with Crippen molar-refractivity contribution in [1.82, 2.24) is 5.32 Å². The average molecular weight is 251 g/mol. The van der Waals surface area contributed by atoms with Gasteiger partial charge in [0.05, 0.1) is 0 Å². The number of rotatable bonds is 3. The Hall–Kier alpha value is -0.0400. The second kappa shape index (κ2) is 5.15. The molecule has 0 aromatic rings. The summed E-state index contributed by atoms with van der Waals surface area (Å²) in [7, 11) is 0. The molecule has 0 radical (unpaired) electrons. The Kier molecular flexibility index (Phi) is 4.11. The van der Waals surface area contributed by atoms with Crippen LogP contribution < -0.4 is 5.32 Å². The van der Waals surface area contributed by atoms with Crippen LogP contribution in [0, 0.1) is 16.7 Å². The highest BCUT2D eigenvalue weighted by atomic mass is 15.0. The molecule has 0 aromatic heterocycles. The largest absolute Gasteiger partial charge is 0.311 e. The minimum Gasteiger partial charge on any atom is -0.311 e. The highest BCUT2D eigenvalue weighted by molar-refractivity contribution is 4.93. The average Bonchev–Trinajstić information content (AvgIpc) is 2.63. The second-order valence-corrected chi connectivity index (χ2v) is 8.61. The molecule has 2 saturated carbocycles. The van der Waals surface area contributed by atoms with Crippen LogP contribution in [0.1, 0.15) is 79.6 Å². The molecule has 0 aliphatic heterocycles. The Morgan fingerprint density at radius 1 is 0.944 bits per heavy atom. The first kappa shape index (κ1) is 14.4. The van der Waals surface area contributed by atoms with E-state index in [1.165, 1.54) is 44.9 Å². The van der Waals surface area contributed by atoms with Gasteiger partial charge in [0.1, 0.15) is 0 Å². The zero-order valence-corrected chi connectivity index (χ0v) is 13.2. The van der Waals surface area contributed by atoms with E-state index < -0.39 is 0 Å². The van der Waals surface area contributed by atoms with Gasteiger partial charge in [-0.25, -0.2) is 0 Å². The standard InChI is InChI=1S/C17H33N/c1-13(14-8-6-7-9-14)18-15-10-16(2,3)12-17(4,5)11-15/h13-15,18H,6-12H2,1-5H3/t13-/m1/s1. The van der Waals surface area contributed by atoms with Gasteiger partial charge >= 0.3 is 0 Å². The van der Waals surface area contributed by atoms with Crippen LogP contribution in [0.2, 0.25) is 0 Å². The maximum atomic E-state index is 3.97. The third-order valence-corrected chi connectivity index (χ3v) is 5.16. The first-order valence-corrected chi connectivity index (χ1v) is 8.04. The molecule has 0 spiro atoms. The van der Waals surface area contributed by atoms with Crippen LogP contribution in [0.5, 0.6) is 0 Å². The molecule has 106 valence electrons. The van der Waals surface area contributed by atoms with E-state index in [0.29, 0.717) is 10.8 Å². The smallest absolute Gasteiger partial charge is 0.00798 e. The fourth-order valence-corrected chi connectivity index (χ4v) is 4.93. The van der Waals surface area contributed by atoms with Gasteiger partial charge in [0.2, 0.25) is 0 Å². The van der Waals surface area contributed by atoms with Crippen molar-refractivity contribution < 1.29 is 0 Å². The van der Waals surface area contributed by atoms with Crippen LogP contribution in [0.25, 0.3) is 0 Å². The summed E-state index contributed by atoms with van der Waals surface area (Å²) in [6.45, 7) is 12.2. The lowest BCUT2D eigenvalue weighted by atomic mass is 9.63. The fraction of sp³-hybridized carbons (Fsp3) is 1.00. The molecular weight excluding hydrogens is 218 g/mol. The van der Waals surface area contributed by atoms with Crippen molar-refractivity contribution in [2.75, 3.05) is 0 Å². The van der Waals surface area contributed by atoms with Crippen LogP contribution in [-0.2, 0) is 0 Å². The molecule has 0 saturated heterocycles. The van der Waals surface area contributed by atoms with Crippen molar-refractivity contribution in [3.63, 3.8) is 0 Å². The Morgan fingerprint density at radius 3 is 1.94 bits per heavy atom. The van der Waals surface area contributed by atoms with Crippen molar-refractivity contribution >= 4 is 0 Å². The first-order valence-electron chi connectivity index (χ1n) is 8.04. The van der Waals surface area contributed by atoms with E-state index in [9.17, 15) is 0 Å². The molecular formula is C17H33N. The number of hydrogen-bond acceptors (Lipinski definition) is 1. The third-order valence-electron chi connectivity index (χ3n) is 5.16. The summed E-state index contributed by atoms with van der Waals surface area (Å²) in [5.41, 5.74) is 1.02. The summed E-state index contributed by atoms with van der Waals surface area (Å²) in [5.74, 6) is 0.943. The molecule has 0 bridgehead atoms. The van der Waals surface area contributed by atoms with Crippen LogP contribution in [-0.4, -0.2) is 12.1 Å². The molecule has 0 unspecified atom stereocenters. The molecule has 0 heterocycles. The fourth-order valence-electron chi connectivity index (χ4n) is 4.93. The van der Waals surface area contributed by atoms with Gasteiger partial charge < -0.3 is 5.32 Å². The molecule has 2 fully saturated rings. The summed E-state index contributed by atoms with van der Waals surface area (Å²) in [5, 5.41) is 3.97. The van der Waals surface area contributed by atoms with E-state index in [-0.39, 0.29) is 0 Å². The molecule has 18 heavy (non-hydrogen) atoms. The molecule has 2 rings (SSSR count). The van der Waals surface area contributed by atoms with Gasteiger partial charge in [-0.2, -0.15) is 0 Å². The maximum Gasteiger partial charge on any atom is 0.00798 e. The van der Waals surface area contributed by atoms with Crippen LogP contribution in [0.3, 0.4) is 0 Å². The minimum atomic E-state index is 0.509. The zero-order valence-electron chi connectivity index (χ0n) is 13.2. The lowest BCUT2D eigenvalue weighted by Gasteiger charge is -2.46. The molecule has 0 amide bonds. The monoisotopic (exact) mass is 251 g/mol. The van der Waals surface area contributed by atoms with Gasteiger partial charge in [0.15, 0.2) is 0 Å². The summed E-state index contributed by atoms with van der Waals surface area (Å²) in [6.07, 6.45) is 9.90. The Balaban J connectivity index is 1.91. The first-order chi connectivity index (χ1) is 8.27. The highest BCUT2D eigenvalue weighted by Gasteiger charge is 2.39. The molecule has 2 aliphatic carbocycles. The summed E-state index contributed by atoms with van der Waals surface area (Å²) >= 11 is 0. The van der Waals surface area contributed by atoms with Gasteiger partial charge in [0.25, 0.3) is 0 Å². The second-order valence-electron chi connectivity index (χ2n) is 8.61. The molecule has 1 heteroatoms. The molecule has 2 aliphatic rings. The number of nitrogens with one attached hydrogen (secondary N) is 1. The van der Waals surface area contributed by atoms with E-state index in [1.54, 1.807) is 0 Å². The topological polar surface area (TPSA) is 12.0 Å². The lowest BCUT2D eigenvalue weighted by molar-refractivity contribution is 0.0775. The highest BCUT2D eigenvalue weighted by Crippen LogP contribution is 2.46. The quantitative estimate of drug-likeness (QED) is 0.762. The Bertz CT molecular complexity index is 257.